The molecule has 6 heteroatoms. The molecule has 1 saturated heterocycles. The van der Waals surface area contributed by atoms with E-state index in [1.165, 1.54) is 5.56 Å². The van der Waals surface area contributed by atoms with Crippen LogP contribution in [0.15, 0.2) is 36.4 Å². The van der Waals surface area contributed by atoms with Crippen LogP contribution < -0.4 is 9.80 Å². The number of hydrogen-bond acceptors (Lipinski definition) is 4. The fraction of sp³-hybridized carbons (Fsp3) is 0.444. The number of amides is 1. The van der Waals surface area contributed by atoms with Crippen molar-refractivity contribution in [1.82, 2.24) is 15.0 Å². The standard InChI is InChI=1S/C27H33N5O/c1-4-6-24-29-22-13-16-32(23-10-9-18(2)17-21(23)26(22)30-24)27(33)20-11-14-31(15-12-20)25-8-5-7-19(3)28-25/h5,7-10,17,20H,4,6,11-16H2,1-3H3,(H,29,30). The molecule has 0 bridgehead atoms. The third kappa shape index (κ3) is 4.26. The van der Waals surface area contributed by atoms with Gasteiger partial charge in [0.05, 0.1) is 11.4 Å². The summed E-state index contributed by atoms with van der Waals surface area (Å²) >= 11 is 0. The zero-order valence-corrected chi connectivity index (χ0v) is 19.9. The average molecular weight is 444 g/mol. The second kappa shape index (κ2) is 9.00. The molecule has 33 heavy (non-hydrogen) atoms. The number of carbonyl (C=O) groups is 1. The minimum absolute atomic E-state index is 0.0419. The van der Waals surface area contributed by atoms with Crippen LogP contribution in [0.1, 0.15) is 49.0 Å². The quantitative estimate of drug-likeness (QED) is 0.626. The molecule has 0 unspecified atom stereocenters. The smallest absolute Gasteiger partial charge is 0.230 e. The summed E-state index contributed by atoms with van der Waals surface area (Å²) in [6.07, 6.45) is 4.53. The fourth-order valence-corrected chi connectivity index (χ4v) is 5.15. The molecule has 5 rings (SSSR count). The molecule has 1 aromatic carbocycles. The number of nitrogens with zero attached hydrogens (tertiary/aromatic N) is 4. The summed E-state index contributed by atoms with van der Waals surface area (Å²) in [6.45, 7) is 8.71. The van der Waals surface area contributed by atoms with Crippen molar-refractivity contribution >= 4 is 17.4 Å². The Morgan fingerprint density at radius 1 is 1.09 bits per heavy atom. The summed E-state index contributed by atoms with van der Waals surface area (Å²) in [4.78, 5) is 31.2. The Bertz CT molecular complexity index is 1160. The lowest BCUT2D eigenvalue weighted by atomic mass is 9.94. The highest BCUT2D eigenvalue weighted by Gasteiger charge is 2.33. The lowest BCUT2D eigenvalue weighted by Gasteiger charge is -2.35. The van der Waals surface area contributed by atoms with Crippen LogP contribution in [0, 0.1) is 19.8 Å². The van der Waals surface area contributed by atoms with Gasteiger partial charge in [0.2, 0.25) is 5.91 Å². The normalized spacial score (nSPS) is 16.3. The van der Waals surface area contributed by atoms with E-state index in [0.717, 1.165) is 85.2 Å². The van der Waals surface area contributed by atoms with Crippen molar-refractivity contribution in [3.8, 4) is 11.3 Å². The van der Waals surface area contributed by atoms with Crippen LogP contribution in [-0.4, -0.2) is 40.5 Å². The molecule has 1 fully saturated rings. The third-order valence-electron chi connectivity index (χ3n) is 6.91. The van der Waals surface area contributed by atoms with E-state index in [2.05, 4.69) is 59.0 Å². The molecule has 4 heterocycles. The highest BCUT2D eigenvalue weighted by molar-refractivity contribution is 5.99. The number of imidazole rings is 1. The maximum atomic E-state index is 13.8. The predicted molar refractivity (Wildman–Crippen MR) is 133 cm³/mol. The Morgan fingerprint density at radius 2 is 1.91 bits per heavy atom. The number of aromatic nitrogens is 3. The number of pyridine rings is 1. The number of nitrogens with one attached hydrogen (secondary N) is 1. The molecule has 6 nitrogen and oxygen atoms in total. The number of rotatable bonds is 4. The van der Waals surface area contributed by atoms with E-state index in [0.29, 0.717) is 6.54 Å². The lowest BCUT2D eigenvalue weighted by Crippen LogP contribution is -2.43. The predicted octanol–water partition coefficient (Wildman–Crippen LogP) is 4.85. The average Bonchev–Trinajstić information content (AvgIpc) is 3.16. The second-order valence-corrected chi connectivity index (χ2v) is 9.42. The van der Waals surface area contributed by atoms with Gasteiger partial charge in [-0.15, -0.1) is 0 Å². The number of benzene rings is 1. The monoisotopic (exact) mass is 443 g/mol. The molecule has 1 amide bonds. The van der Waals surface area contributed by atoms with Gasteiger partial charge < -0.3 is 14.8 Å². The van der Waals surface area contributed by atoms with Crippen molar-refractivity contribution in [3.63, 3.8) is 0 Å². The molecule has 0 spiro atoms. The largest absolute Gasteiger partial charge is 0.357 e. The van der Waals surface area contributed by atoms with Gasteiger partial charge in [0.25, 0.3) is 0 Å². The summed E-state index contributed by atoms with van der Waals surface area (Å²) in [5.41, 5.74) is 6.47. The van der Waals surface area contributed by atoms with Gasteiger partial charge in [-0.3, -0.25) is 4.79 Å². The number of anilines is 2. The van der Waals surface area contributed by atoms with E-state index >= 15 is 0 Å². The fourth-order valence-electron chi connectivity index (χ4n) is 5.15. The Kier molecular flexibility index (Phi) is 5.92. The van der Waals surface area contributed by atoms with Crippen LogP contribution in [0.5, 0.6) is 0 Å². The third-order valence-corrected chi connectivity index (χ3v) is 6.91. The van der Waals surface area contributed by atoms with E-state index in [-0.39, 0.29) is 11.8 Å². The van der Waals surface area contributed by atoms with Crippen molar-refractivity contribution in [2.24, 2.45) is 5.92 Å². The lowest BCUT2D eigenvalue weighted by molar-refractivity contribution is -0.123. The zero-order chi connectivity index (χ0) is 22.9. The van der Waals surface area contributed by atoms with E-state index in [9.17, 15) is 4.79 Å². The zero-order valence-electron chi connectivity index (χ0n) is 19.9. The minimum atomic E-state index is 0.0419. The molecule has 0 saturated carbocycles. The molecule has 0 aliphatic carbocycles. The summed E-state index contributed by atoms with van der Waals surface area (Å²) < 4.78 is 0. The molecule has 2 aliphatic rings. The summed E-state index contributed by atoms with van der Waals surface area (Å²) in [7, 11) is 0. The number of fused-ring (bicyclic) bond motifs is 3. The van der Waals surface area contributed by atoms with Crippen molar-refractivity contribution in [2.75, 3.05) is 29.4 Å². The van der Waals surface area contributed by atoms with Crippen molar-refractivity contribution in [3.05, 3.63) is 59.2 Å². The van der Waals surface area contributed by atoms with Gasteiger partial charge in [-0.25, -0.2) is 9.97 Å². The van der Waals surface area contributed by atoms with Gasteiger partial charge in [0.1, 0.15) is 11.6 Å². The summed E-state index contributed by atoms with van der Waals surface area (Å²) in [5, 5.41) is 0. The maximum Gasteiger partial charge on any atom is 0.230 e. The van der Waals surface area contributed by atoms with Crippen LogP contribution in [0.3, 0.4) is 0 Å². The van der Waals surface area contributed by atoms with Crippen molar-refractivity contribution in [2.45, 2.75) is 52.9 Å². The van der Waals surface area contributed by atoms with Gasteiger partial charge >= 0.3 is 0 Å². The highest BCUT2D eigenvalue weighted by atomic mass is 16.2. The highest BCUT2D eigenvalue weighted by Crippen LogP contribution is 2.37. The summed E-state index contributed by atoms with van der Waals surface area (Å²) in [6, 6.07) is 12.5. The topological polar surface area (TPSA) is 65.1 Å². The van der Waals surface area contributed by atoms with Crippen LogP contribution in [0.4, 0.5) is 11.5 Å². The van der Waals surface area contributed by atoms with Gasteiger partial charge in [-0.05, 0) is 57.4 Å². The number of aryl methyl sites for hydroxylation is 3. The molecular formula is C27H33N5O. The van der Waals surface area contributed by atoms with Gasteiger partial charge in [0.15, 0.2) is 0 Å². The first kappa shape index (κ1) is 21.7. The molecule has 2 aliphatic heterocycles. The maximum absolute atomic E-state index is 13.8. The number of carbonyl (C=O) groups excluding carboxylic acids is 1. The molecule has 2 aromatic heterocycles. The molecule has 172 valence electrons. The Balaban J connectivity index is 1.37. The van der Waals surface area contributed by atoms with Crippen LogP contribution >= 0.6 is 0 Å². The minimum Gasteiger partial charge on any atom is -0.357 e. The first-order valence-corrected chi connectivity index (χ1v) is 12.2. The molecule has 0 radical (unpaired) electrons. The van der Waals surface area contributed by atoms with E-state index in [4.69, 9.17) is 4.98 Å². The van der Waals surface area contributed by atoms with Crippen molar-refractivity contribution in [1.29, 1.82) is 0 Å². The van der Waals surface area contributed by atoms with Crippen LogP contribution in [0.2, 0.25) is 0 Å². The first-order chi connectivity index (χ1) is 16.0. The first-order valence-electron chi connectivity index (χ1n) is 12.2. The van der Waals surface area contributed by atoms with E-state index in [1.807, 2.05) is 17.9 Å². The van der Waals surface area contributed by atoms with Gasteiger partial charge in [-0.1, -0.05) is 24.6 Å². The number of hydrogen-bond donors (Lipinski definition) is 1. The van der Waals surface area contributed by atoms with Gasteiger partial charge in [-0.2, -0.15) is 0 Å². The summed E-state index contributed by atoms with van der Waals surface area (Å²) in [5.74, 6) is 2.35. The SMILES string of the molecule is CCCc1nc2c([nH]1)CCN(C(=O)C1CCN(c3cccc(C)n3)CC1)c1ccc(C)cc1-2. The molecule has 1 N–H and O–H groups in total. The molecule has 3 aromatic rings. The number of piperidine rings is 1. The second-order valence-electron chi connectivity index (χ2n) is 9.42. The van der Waals surface area contributed by atoms with Crippen LogP contribution in [-0.2, 0) is 17.6 Å². The van der Waals surface area contributed by atoms with Crippen molar-refractivity contribution < 1.29 is 4.79 Å². The number of H-pyrrole nitrogens is 1. The van der Waals surface area contributed by atoms with E-state index < -0.39 is 0 Å². The van der Waals surface area contributed by atoms with Crippen LogP contribution in [0.25, 0.3) is 11.3 Å². The molecular weight excluding hydrogens is 410 g/mol. The number of aromatic amines is 1. The van der Waals surface area contributed by atoms with Gasteiger partial charge in [0, 0.05) is 55.3 Å². The Morgan fingerprint density at radius 3 is 2.67 bits per heavy atom. The van der Waals surface area contributed by atoms with E-state index in [1.54, 1.807) is 0 Å². The Labute approximate surface area is 196 Å². The Hall–Kier alpha value is -3.15. The molecule has 0 atom stereocenters.